The second-order valence-corrected chi connectivity index (χ2v) is 11.0. The minimum atomic E-state index is -0.215. The van der Waals surface area contributed by atoms with Crippen LogP contribution in [0.2, 0.25) is 0 Å². The Kier molecular flexibility index (Phi) is 6.61. The highest BCUT2D eigenvalue weighted by Crippen LogP contribution is 2.44. The number of fused-ring (bicyclic) bond motifs is 1. The highest BCUT2D eigenvalue weighted by molar-refractivity contribution is 6.01. The summed E-state index contributed by atoms with van der Waals surface area (Å²) in [6.45, 7) is 9.48. The fourth-order valence-electron chi connectivity index (χ4n) is 5.21. The van der Waals surface area contributed by atoms with Crippen molar-refractivity contribution < 1.29 is 9.53 Å². The lowest BCUT2D eigenvalue weighted by molar-refractivity contribution is -0.116. The molecule has 186 valence electrons. The topological polar surface area (TPSA) is 50.4 Å². The number of carbonyl (C=O) groups excluding carboxylic acids is 1. The summed E-state index contributed by atoms with van der Waals surface area (Å²) < 4.78 is 5.79. The Morgan fingerprint density at radius 2 is 1.53 bits per heavy atom. The van der Waals surface area contributed by atoms with Gasteiger partial charge in [-0.25, -0.2) is 0 Å². The smallest absolute Gasteiger partial charge is 0.163 e. The van der Waals surface area contributed by atoms with E-state index in [2.05, 4.69) is 86.9 Å². The van der Waals surface area contributed by atoms with Crippen LogP contribution in [0.5, 0.6) is 5.75 Å². The molecule has 0 saturated carbocycles. The number of hydrogen-bond acceptors (Lipinski definition) is 4. The summed E-state index contributed by atoms with van der Waals surface area (Å²) in [5, 5.41) is 7.30. The molecule has 3 aromatic rings. The minimum absolute atomic E-state index is 0.110. The average molecular weight is 481 g/mol. The molecule has 2 unspecified atom stereocenters. The van der Waals surface area contributed by atoms with Gasteiger partial charge in [-0.1, -0.05) is 76.2 Å². The van der Waals surface area contributed by atoms with Gasteiger partial charge in [-0.05, 0) is 65.1 Å². The number of ether oxygens (including phenoxy) is 1. The summed E-state index contributed by atoms with van der Waals surface area (Å²) in [7, 11) is 0. The van der Waals surface area contributed by atoms with Gasteiger partial charge >= 0.3 is 0 Å². The third kappa shape index (κ3) is 4.90. The van der Waals surface area contributed by atoms with Crippen molar-refractivity contribution in [1.82, 2.24) is 0 Å². The van der Waals surface area contributed by atoms with Crippen LogP contribution in [0.4, 0.5) is 11.4 Å². The summed E-state index contributed by atoms with van der Waals surface area (Å²) in [6, 6.07) is 25.0. The largest absolute Gasteiger partial charge is 0.494 e. The van der Waals surface area contributed by atoms with Crippen molar-refractivity contribution in [3.05, 3.63) is 101 Å². The second-order valence-electron chi connectivity index (χ2n) is 11.0. The summed E-state index contributed by atoms with van der Waals surface area (Å²) in [5.41, 5.74) is 7.58. The van der Waals surface area contributed by atoms with Crippen molar-refractivity contribution in [1.29, 1.82) is 0 Å². The average Bonchev–Trinajstić information content (AvgIpc) is 3.04. The minimum Gasteiger partial charge on any atom is -0.494 e. The summed E-state index contributed by atoms with van der Waals surface area (Å²) in [4.78, 5) is 13.8. The van der Waals surface area contributed by atoms with Gasteiger partial charge in [0.2, 0.25) is 0 Å². The maximum atomic E-state index is 13.8. The lowest BCUT2D eigenvalue weighted by Gasteiger charge is -2.30. The Morgan fingerprint density at radius 3 is 2.19 bits per heavy atom. The van der Waals surface area contributed by atoms with Crippen molar-refractivity contribution in [3.8, 4) is 5.75 Å². The van der Waals surface area contributed by atoms with E-state index in [0.29, 0.717) is 13.0 Å². The quantitative estimate of drug-likeness (QED) is 0.392. The number of para-hydroxylation sites is 2. The molecule has 0 fully saturated rings. The summed E-state index contributed by atoms with van der Waals surface area (Å²) in [5.74, 6) is 1.22. The lowest BCUT2D eigenvalue weighted by atomic mass is 9.77. The lowest BCUT2D eigenvalue weighted by Crippen LogP contribution is -2.27. The molecular weight excluding hydrogens is 444 g/mol. The molecule has 4 nitrogen and oxygen atoms in total. The molecular formula is C32H36N2O2. The molecule has 5 rings (SSSR count). The number of nitrogens with one attached hydrogen (secondary N) is 2. The molecule has 1 aliphatic heterocycles. The maximum Gasteiger partial charge on any atom is 0.163 e. The van der Waals surface area contributed by atoms with E-state index in [1.807, 2.05) is 24.3 Å². The van der Waals surface area contributed by atoms with Gasteiger partial charge in [0.05, 0.1) is 24.0 Å². The highest BCUT2D eigenvalue weighted by atomic mass is 16.5. The molecule has 2 atom stereocenters. The SMILES string of the molecule is CCCOc1ccc(C2Nc3ccccc3NC3=C2C(=O)CC(c2ccc(C(C)(C)C)cc2)C3)cc1. The Bertz CT molecular complexity index is 1270. The van der Waals surface area contributed by atoms with E-state index in [-0.39, 0.29) is 23.2 Å². The van der Waals surface area contributed by atoms with Crippen LogP contribution in [0.1, 0.15) is 75.6 Å². The van der Waals surface area contributed by atoms with E-state index in [4.69, 9.17) is 4.74 Å². The first-order valence-corrected chi connectivity index (χ1v) is 13.1. The molecule has 4 heteroatoms. The van der Waals surface area contributed by atoms with E-state index in [9.17, 15) is 4.79 Å². The Morgan fingerprint density at radius 1 is 0.861 bits per heavy atom. The van der Waals surface area contributed by atoms with E-state index in [1.54, 1.807) is 0 Å². The summed E-state index contributed by atoms with van der Waals surface area (Å²) >= 11 is 0. The first-order valence-electron chi connectivity index (χ1n) is 13.1. The fourth-order valence-corrected chi connectivity index (χ4v) is 5.21. The molecule has 1 heterocycles. The third-order valence-corrected chi connectivity index (χ3v) is 7.24. The fraction of sp³-hybridized carbons (Fsp3) is 0.344. The molecule has 3 aromatic carbocycles. The highest BCUT2D eigenvalue weighted by Gasteiger charge is 2.36. The van der Waals surface area contributed by atoms with E-state index < -0.39 is 0 Å². The number of Topliss-reactive ketones (excluding diaryl/α,β-unsaturated/α-hetero) is 1. The Balaban J connectivity index is 1.50. The van der Waals surface area contributed by atoms with Crippen LogP contribution in [-0.4, -0.2) is 12.4 Å². The van der Waals surface area contributed by atoms with Crippen LogP contribution in [-0.2, 0) is 10.2 Å². The third-order valence-electron chi connectivity index (χ3n) is 7.24. The van der Waals surface area contributed by atoms with Gasteiger partial charge in [-0.3, -0.25) is 4.79 Å². The van der Waals surface area contributed by atoms with E-state index in [1.165, 1.54) is 11.1 Å². The number of carbonyl (C=O) groups is 1. The normalized spacial score (nSPS) is 19.5. The molecule has 2 N–H and O–H groups in total. The van der Waals surface area contributed by atoms with Crippen molar-refractivity contribution in [2.45, 2.75) is 64.3 Å². The number of rotatable bonds is 5. The predicted molar refractivity (Wildman–Crippen MR) is 148 cm³/mol. The molecule has 0 amide bonds. The van der Waals surface area contributed by atoms with Crippen LogP contribution >= 0.6 is 0 Å². The van der Waals surface area contributed by atoms with Crippen LogP contribution in [0, 0.1) is 0 Å². The first kappa shape index (κ1) is 24.2. The number of ketones is 1. The van der Waals surface area contributed by atoms with Crippen LogP contribution in [0.3, 0.4) is 0 Å². The van der Waals surface area contributed by atoms with Crippen molar-refractivity contribution >= 4 is 17.2 Å². The Hall–Kier alpha value is -3.53. The van der Waals surface area contributed by atoms with Crippen LogP contribution in [0.15, 0.2) is 84.1 Å². The molecule has 0 radical (unpaired) electrons. The zero-order valence-electron chi connectivity index (χ0n) is 21.7. The van der Waals surface area contributed by atoms with Gasteiger partial charge in [0.15, 0.2) is 5.78 Å². The zero-order valence-corrected chi connectivity index (χ0v) is 21.7. The molecule has 0 aromatic heterocycles. The van der Waals surface area contributed by atoms with E-state index >= 15 is 0 Å². The Labute approximate surface area is 214 Å². The van der Waals surface area contributed by atoms with Crippen LogP contribution < -0.4 is 15.4 Å². The van der Waals surface area contributed by atoms with E-state index in [0.717, 1.165) is 46.8 Å². The molecule has 2 aliphatic rings. The van der Waals surface area contributed by atoms with Gasteiger partial charge in [0, 0.05) is 17.7 Å². The monoisotopic (exact) mass is 480 g/mol. The number of allylic oxidation sites excluding steroid dienone is 1. The van der Waals surface area contributed by atoms with Gasteiger partial charge in [0.25, 0.3) is 0 Å². The van der Waals surface area contributed by atoms with Gasteiger partial charge in [-0.2, -0.15) is 0 Å². The molecule has 0 bridgehead atoms. The number of anilines is 2. The van der Waals surface area contributed by atoms with Crippen LogP contribution in [0.25, 0.3) is 0 Å². The number of hydrogen-bond donors (Lipinski definition) is 2. The molecule has 1 aliphatic carbocycles. The summed E-state index contributed by atoms with van der Waals surface area (Å²) in [6.07, 6.45) is 2.29. The maximum absolute atomic E-state index is 13.8. The van der Waals surface area contributed by atoms with Crippen molar-refractivity contribution in [3.63, 3.8) is 0 Å². The molecule has 36 heavy (non-hydrogen) atoms. The van der Waals surface area contributed by atoms with Gasteiger partial charge in [-0.15, -0.1) is 0 Å². The van der Waals surface area contributed by atoms with Crippen molar-refractivity contribution in [2.24, 2.45) is 0 Å². The number of benzene rings is 3. The second kappa shape index (κ2) is 9.85. The van der Waals surface area contributed by atoms with Crippen molar-refractivity contribution in [2.75, 3.05) is 17.2 Å². The molecule has 0 saturated heterocycles. The first-order chi connectivity index (χ1) is 17.3. The zero-order chi connectivity index (χ0) is 25.3. The van der Waals surface area contributed by atoms with Gasteiger partial charge in [0.1, 0.15) is 5.75 Å². The van der Waals surface area contributed by atoms with Gasteiger partial charge < -0.3 is 15.4 Å². The standard InChI is InChI=1S/C32H36N2O2/c1-5-18-36-25-16-12-22(13-17-25)31-30-28(33-26-8-6-7-9-27(26)34-31)19-23(20-29(30)35)21-10-14-24(15-11-21)32(2,3)4/h6-17,23,31,33-34H,5,18-20H2,1-4H3. The predicted octanol–water partition coefficient (Wildman–Crippen LogP) is 7.75. The molecule has 0 spiro atoms.